The lowest BCUT2D eigenvalue weighted by atomic mass is 10.1. The Morgan fingerprint density at radius 2 is 0.651 bits per heavy atom. The summed E-state index contributed by atoms with van der Waals surface area (Å²) in [4.78, 5) is 4.37. The van der Waals surface area contributed by atoms with E-state index >= 15 is 0 Å². The molecule has 0 saturated heterocycles. The van der Waals surface area contributed by atoms with Gasteiger partial charge < -0.3 is 30.2 Å². The molecule has 0 saturated carbocycles. The van der Waals surface area contributed by atoms with E-state index in [1.54, 1.807) is 0 Å². The molecule has 6 N–H and O–H groups in total. The van der Waals surface area contributed by atoms with Gasteiger partial charge in [-0.2, -0.15) is 8.42 Å². The van der Waals surface area contributed by atoms with Crippen molar-refractivity contribution in [1.29, 1.82) is 0 Å². The van der Waals surface area contributed by atoms with Crippen LogP contribution in [0.4, 0.5) is 0 Å². The van der Waals surface area contributed by atoms with Crippen LogP contribution < -0.4 is 0 Å². The van der Waals surface area contributed by atoms with Crippen molar-refractivity contribution in [3.05, 3.63) is 0 Å². The largest absolute Gasteiger partial charge is 0.394 e. The smallest absolute Gasteiger partial charge is 0.368 e. The molecule has 0 bridgehead atoms. The topological polar surface area (TPSA) is 162 Å². The van der Waals surface area contributed by atoms with Gasteiger partial charge in [-0.1, -0.05) is 129 Å². The summed E-state index contributed by atoms with van der Waals surface area (Å²) >= 11 is 0. The number of aliphatic hydroxyl groups is 4. The maximum Gasteiger partial charge on any atom is 0.394 e. The molecular weight excluding hydrogens is 572 g/mol. The first-order chi connectivity index (χ1) is 20.3. The molecule has 0 aromatic rings. The van der Waals surface area contributed by atoms with Crippen LogP contribution >= 0.6 is 0 Å². The van der Waals surface area contributed by atoms with E-state index in [-0.39, 0.29) is 0 Å². The highest BCUT2D eigenvalue weighted by atomic mass is 32.3. The van der Waals surface area contributed by atoms with Crippen molar-refractivity contribution >= 4 is 10.4 Å². The molecule has 0 amide bonds. The Balaban J connectivity index is -0.000000642. The van der Waals surface area contributed by atoms with Crippen molar-refractivity contribution in [3.8, 4) is 0 Å². The Labute approximate surface area is 265 Å². The van der Waals surface area contributed by atoms with E-state index in [4.69, 9.17) is 37.9 Å². The van der Waals surface area contributed by atoms with Gasteiger partial charge >= 0.3 is 10.4 Å². The van der Waals surface area contributed by atoms with Crippen LogP contribution in [0.25, 0.3) is 0 Å². The van der Waals surface area contributed by atoms with Crippen LogP contribution in [0.1, 0.15) is 155 Å². The summed E-state index contributed by atoms with van der Waals surface area (Å²) in [6.45, 7) is 8.22. The second-order valence-electron chi connectivity index (χ2n) is 12.0. The summed E-state index contributed by atoms with van der Waals surface area (Å²) in [5.74, 6) is 0. The maximum atomic E-state index is 8.78. The molecule has 0 aromatic carbocycles. The van der Waals surface area contributed by atoms with Crippen molar-refractivity contribution in [2.75, 3.05) is 40.3 Å². The highest BCUT2D eigenvalue weighted by Crippen LogP contribution is 2.12. The normalized spacial score (nSPS) is 11.7. The number of hydrogen-bond acceptors (Lipinski definition) is 8. The van der Waals surface area contributed by atoms with Crippen LogP contribution in [-0.2, 0) is 10.4 Å². The SMILES string of the molecule is CCCCCCCCCCCCN(C)CCC(O)O.CCCCCCCCCCCCN(C)CCC(O)O.O=S(=O)(O)O. The molecule has 0 atom stereocenters. The molecule has 0 rings (SSSR count). The highest BCUT2D eigenvalue weighted by molar-refractivity contribution is 7.79. The Hall–Kier alpha value is -0.370. The first-order valence-corrected chi connectivity index (χ1v) is 18.5. The van der Waals surface area contributed by atoms with Crippen LogP contribution in [0.15, 0.2) is 0 Å². The van der Waals surface area contributed by atoms with Crippen molar-refractivity contribution in [1.82, 2.24) is 9.80 Å². The number of aliphatic hydroxyl groups excluding tert-OH is 2. The molecule has 11 heteroatoms. The lowest BCUT2D eigenvalue weighted by Gasteiger charge is -2.16. The summed E-state index contributed by atoms with van der Waals surface area (Å²) in [5, 5.41) is 35.1. The third kappa shape index (κ3) is 57.8. The van der Waals surface area contributed by atoms with Gasteiger partial charge in [0.15, 0.2) is 12.6 Å². The van der Waals surface area contributed by atoms with Gasteiger partial charge in [-0.25, -0.2) is 0 Å². The fourth-order valence-electron chi connectivity index (χ4n) is 4.63. The summed E-state index contributed by atoms with van der Waals surface area (Å²) in [6.07, 6.45) is 25.9. The van der Waals surface area contributed by atoms with Gasteiger partial charge in [0.25, 0.3) is 0 Å². The summed E-state index contributed by atoms with van der Waals surface area (Å²) in [7, 11) is -0.563. The second kappa shape index (κ2) is 36.1. The zero-order chi connectivity index (χ0) is 33.2. The van der Waals surface area contributed by atoms with E-state index in [9.17, 15) is 0 Å². The average molecular weight is 645 g/mol. The molecule has 0 aliphatic carbocycles. The van der Waals surface area contributed by atoms with E-state index < -0.39 is 23.0 Å². The lowest BCUT2D eigenvalue weighted by molar-refractivity contribution is -0.0499. The second-order valence-corrected chi connectivity index (χ2v) is 12.9. The van der Waals surface area contributed by atoms with Gasteiger partial charge in [0.05, 0.1) is 0 Å². The minimum atomic E-state index is -4.67. The summed E-state index contributed by atoms with van der Waals surface area (Å²) in [5.41, 5.74) is 0. The van der Waals surface area contributed by atoms with E-state index in [1.807, 2.05) is 0 Å². The van der Waals surface area contributed by atoms with E-state index in [2.05, 4.69) is 37.7 Å². The van der Waals surface area contributed by atoms with Gasteiger partial charge in [0.1, 0.15) is 0 Å². The van der Waals surface area contributed by atoms with Gasteiger partial charge in [-0.15, -0.1) is 0 Å². The van der Waals surface area contributed by atoms with E-state index in [0.29, 0.717) is 12.8 Å². The maximum absolute atomic E-state index is 8.78. The van der Waals surface area contributed by atoms with Crippen molar-refractivity contribution < 1.29 is 37.9 Å². The lowest BCUT2D eigenvalue weighted by Crippen LogP contribution is -2.24. The summed E-state index contributed by atoms with van der Waals surface area (Å²) in [6, 6.07) is 0. The van der Waals surface area contributed by atoms with Gasteiger partial charge in [-0.3, -0.25) is 9.11 Å². The molecule has 0 aliphatic heterocycles. The Kier molecular flexibility index (Phi) is 39.5. The molecule has 0 aromatic heterocycles. The average Bonchev–Trinajstić information content (AvgIpc) is 2.92. The third-order valence-corrected chi connectivity index (χ3v) is 7.32. The summed E-state index contributed by atoms with van der Waals surface area (Å²) < 4.78 is 31.6. The predicted molar refractivity (Wildman–Crippen MR) is 179 cm³/mol. The van der Waals surface area contributed by atoms with Crippen LogP contribution in [-0.4, -0.2) is 101 Å². The first-order valence-electron chi connectivity index (χ1n) is 17.1. The standard InChI is InChI=1S/2C16H35NO2.H2O4S/c2*1-3-4-5-6-7-8-9-10-11-12-14-17(2)15-13-16(18)19;1-5(2,3)4/h2*16,18-19H,3-15H2,1-2H3;(H2,1,2,3,4). The van der Waals surface area contributed by atoms with Crippen molar-refractivity contribution in [2.24, 2.45) is 0 Å². The van der Waals surface area contributed by atoms with Crippen molar-refractivity contribution in [3.63, 3.8) is 0 Å². The van der Waals surface area contributed by atoms with E-state index in [0.717, 1.165) is 26.2 Å². The Bertz CT molecular complexity index is 578. The zero-order valence-electron chi connectivity index (χ0n) is 28.3. The van der Waals surface area contributed by atoms with Gasteiger partial charge in [0, 0.05) is 25.9 Å². The molecule has 0 heterocycles. The van der Waals surface area contributed by atoms with Crippen LogP contribution in [0, 0.1) is 0 Å². The number of hydrogen-bond donors (Lipinski definition) is 6. The minimum absolute atomic E-state index is 0.453. The monoisotopic (exact) mass is 645 g/mol. The number of nitrogens with zero attached hydrogens (tertiary/aromatic N) is 2. The molecule has 0 fully saturated rings. The molecule has 0 unspecified atom stereocenters. The minimum Gasteiger partial charge on any atom is -0.368 e. The Morgan fingerprint density at radius 3 is 0.860 bits per heavy atom. The fourth-order valence-corrected chi connectivity index (χ4v) is 4.63. The van der Waals surface area contributed by atoms with Crippen LogP contribution in [0.3, 0.4) is 0 Å². The van der Waals surface area contributed by atoms with Crippen LogP contribution in [0.2, 0.25) is 0 Å². The van der Waals surface area contributed by atoms with Crippen LogP contribution in [0.5, 0.6) is 0 Å². The molecule has 10 nitrogen and oxygen atoms in total. The zero-order valence-corrected chi connectivity index (χ0v) is 29.2. The highest BCUT2D eigenvalue weighted by Gasteiger charge is 2.03. The van der Waals surface area contributed by atoms with Gasteiger partial charge in [-0.05, 0) is 40.0 Å². The molecule has 0 aliphatic rings. The number of rotatable bonds is 28. The Morgan fingerprint density at radius 1 is 0.442 bits per heavy atom. The quantitative estimate of drug-likeness (QED) is 0.0318. The molecule has 43 heavy (non-hydrogen) atoms. The molecule has 0 spiro atoms. The fraction of sp³-hybridized carbons (Fsp3) is 1.00. The molecular formula is C32H72N2O8S. The molecule has 0 radical (unpaired) electrons. The van der Waals surface area contributed by atoms with Gasteiger partial charge in [0.2, 0.25) is 0 Å². The van der Waals surface area contributed by atoms with E-state index in [1.165, 1.54) is 128 Å². The van der Waals surface area contributed by atoms with Crippen molar-refractivity contribution in [2.45, 2.75) is 168 Å². The third-order valence-electron chi connectivity index (χ3n) is 7.32. The first kappa shape index (κ1) is 47.0. The predicted octanol–water partition coefficient (Wildman–Crippen LogP) is 6.43. The number of unbranched alkanes of at least 4 members (excludes halogenated alkanes) is 18. The molecule has 264 valence electrons.